The van der Waals surface area contributed by atoms with Crippen LogP contribution >= 0.6 is 0 Å². The van der Waals surface area contributed by atoms with E-state index in [1.54, 1.807) is 19.1 Å². The number of ether oxygens (including phenoxy) is 1. The van der Waals surface area contributed by atoms with Crippen molar-refractivity contribution in [3.8, 4) is 5.75 Å². The van der Waals surface area contributed by atoms with Gasteiger partial charge in [-0.05, 0) is 25.5 Å². The number of rotatable bonds is 7. The second kappa shape index (κ2) is 7.41. The van der Waals surface area contributed by atoms with Gasteiger partial charge in [0, 0.05) is 6.54 Å². The number of amides is 1. The van der Waals surface area contributed by atoms with E-state index in [1.165, 1.54) is 0 Å². The number of carboxylic acid groups (broad SMARTS) is 1. The summed E-state index contributed by atoms with van der Waals surface area (Å²) >= 11 is 0. The van der Waals surface area contributed by atoms with Crippen LogP contribution in [0.25, 0.3) is 0 Å². The lowest BCUT2D eigenvalue weighted by atomic mass is 10.1. The highest BCUT2D eigenvalue weighted by atomic mass is 16.5. The first kappa shape index (κ1) is 15.0. The molecule has 0 aromatic heterocycles. The Kier molecular flexibility index (Phi) is 5.85. The number of benzene rings is 1. The number of carbonyl (C=O) groups excluding carboxylic acids is 1. The molecule has 0 fully saturated rings. The van der Waals surface area contributed by atoms with Crippen LogP contribution in [0.3, 0.4) is 0 Å². The summed E-state index contributed by atoms with van der Waals surface area (Å²) in [5.74, 6) is -1.16. The zero-order valence-corrected chi connectivity index (χ0v) is 11.2. The third-order valence-electron chi connectivity index (χ3n) is 2.78. The highest BCUT2D eigenvalue weighted by Crippen LogP contribution is 2.10. The summed E-state index contributed by atoms with van der Waals surface area (Å²) < 4.78 is 5.29. The standard InChI is InChI=1S/C14H19NO4/c1-3-11(14(17)18)8-15-13(16)9-19-12-6-4-10(2)5-7-12/h4-7,11H,3,8-9H2,1-2H3,(H,15,16)(H,17,18). The van der Waals surface area contributed by atoms with Gasteiger partial charge in [-0.1, -0.05) is 24.6 Å². The molecule has 0 radical (unpaired) electrons. The molecule has 5 nitrogen and oxygen atoms in total. The first-order valence-electron chi connectivity index (χ1n) is 6.22. The van der Waals surface area contributed by atoms with E-state index in [4.69, 9.17) is 9.84 Å². The Labute approximate surface area is 112 Å². The van der Waals surface area contributed by atoms with Crippen LogP contribution < -0.4 is 10.1 Å². The summed E-state index contributed by atoms with van der Waals surface area (Å²) in [4.78, 5) is 22.3. The Bertz CT molecular complexity index is 428. The van der Waals surface area contributed by atoms with Crippen LogP contribution in [0.15, 0.2) is 24.3 Å². The second-order valence-corrected chi connectivity index (χ2v) is 4.35. The van der Waals surface area contributed by atoms with Gasteiger partial charge in [-0.15, -0.1) is 0 Å². The minimum Gasteiger partial charge on any atom is -0.484 e. The lowest BCUT2D eigenvalue weighted by Gasteiger charge is -2.11. The van der Waals surface area contributed by atoms with Gasteiger partial charge in [0.15, 0.2) is 6.61 Å². The molecule has 0 aliphatic rings. The molecule has 1 aromatic carbocycles. The normalized spacial score (nSPS) is 11.7. The highest BCUT2D eigenvalue weighted by Gasteiger charge is 2.15. The number of nitrogens with one attached hydrogen (secondary N) is 1. The fourth-order valence-electron chi connectivity index (χ4n) is 1.48. The van der Waals surface area contributed by atoms with E-state index in [0.29, 0.717) is 12.2 Å². The summed E-state index contributed by atoms with van der Waals surface area (Å²) in [7, 11) is 0. The summed E-state index contributed by atoms with van der Waals surface area (Å²) in [6.45, 7) is 3.75. The number of hydrogen-bond donors (Lipinski definition) is 2. The molecule has 1 rings (SSSR count). The molecule has 104 valence electrons. The molecule has 1 unspecified atom stereocenters. The molecule has 1 amide bonds. The van der Waals surface area contributed by atoms with Crippen molar-refractivity contribution in [3.63, 3.8) is 0 Å². The lowest BCUT2D eigenvalue weighted by Crippen LogP contribution is -2.35. The van der Waals surface area contributed by atoms with E-state index >= 15 is 0 Å². The quantitative estimate of drug-likeness (QED) is 0.785. The van der Waals surface area contributed by atoms with Crippen LogP contribution in [0.2, 0.25) is 0 Å². The molecule has 19 heavy (non-hydrogen) atoms. The Morgan fingerprint density at radius 3 is 2.47 bits per heavy atom. The smallest absolute Gasteiger partial charge is 0.308 e. The van der Waals surface area contributed by atoms with Gasteiger partial charge in [-0.3, -0.25) is 9.59 Å². The van der Waals surface area contributed by atoms with Gasteiger partial charge in [0.1, 0.15) is 5.75 Å². The maximum atomic E-state index is 11.5. The monoisotopic (exact) mass is 265 g/mol. The van der Waals surface area contributed by atoms with Crippen molar-refractivity contribution >= 4 is 11.9 Å². The summed E-state index contributed by atoms with van der Waals surface area (Å²) in [5, 5.41) is 11.4. The fraction of sp³-hybridized carbons (Fsp3) is 0.429. The van der Waals surface area contributed by atoms with Gasteiger partial charge in [-0.2, -0.15) is 0 Å². The first-order valence-corrected chi connectivity index (χ1v) is 6.22. The molecular weight excluding hydrogens is 246 g/mol. The van der Waals surface area contributed by atoms with Crippen molar-refractivity contribution in [2.75, 3.05) is 13.2 Å². The predicted octanol–water partition coefficient (Wildman–Crippen LogP) is 1.60. The van der Waals surface area contributed by atoms with Crippen LogP contribution in [-0.4, -0.2) is 30.1 Å². The molecule has 0 saturated heterocycles. The molecule has 1 atom stereocenters. The maximum Gasteiger partial charge on any atom is 0.308 e. The van der Waals surface area contributed by atoms with Crippen LogP contribution in [0.1, 0.15) is 18.9 Å². The van der Waals surface area contributed by atoms with Gasteiger partial charge in [0.05, 0.1) is 5.92 Å². The average Bonchev–Trinajstić information content (AvgIpc) is 2.38. The van der Waals surface area contributed by atoms with E-state index in [0.717, 1.165) is 5.56 Å². The third-order valence-corrected chi connectivity index (χ3v) is 2.78. The largest absolute Gasteiger partial charge is 0.484 e. The molecule has 0 aliphatic heterocycles. The van der Waals surface area contributed by atoms with E-state index in [1.807, 2.05) is 19.1 Å². The van der Waals surface area contributed by atoms with Crippen LogP contribution in [0.4, 0.5) is 0 Å². The van der Waals surface area contributed by atoms with Crippen molar-refractivity contribution in [3.05, 3.63) is 29.8 Å². The molecule has 0 aliphatic carbocycles. The Morgan fingerprint density at radius 1 is 1.32 bits per heavy atom. The van der Waals surface area contributed by atoms with Crippen molar-refractivity contribution in [2.45, 2.75) is 20.3 Å². The first-order chi connectivity index (χ1) is 9.02. The van der Waals surface area contributed by atoms with Crippen LogP contribution in [0, 0.1) is 12.8 Å². The number of aliphatic carboxylic acids is 1. The molecular formula is C14H19NO4. The van der Waals surface area contributed by atoms with Crippen molar-refractivity contribution in [1.82, 2.24) is 5.32 Å². The topological polar surface area (TPSA) is 75.6 Å². The van der Waals surface area contributed by atoms with E-state index in [-0.39, 0.29) is 19.1 Å². The van der Waals surface area contributed by atoms with E-state index in [9.17, 15) is 9.59 Å². The van der Waals surface area contributed by atoms with Crippen LogP contribution in [-0.2, 0) is 9.59 Å². The number of aryl methyl sites for hydroxylation is 1. The molecule has 0 bridgehead atoms. The van der Waals surface area contributed by atoms with Gasteiger partial charge in [-0.25, -0.2) is 0 Å². The molecule has 2 N–H and O–H groups in total. The molecule has 0 heterocycles. The van der Waals surface area contributed by atoms with Gasteiger partial charge in [0.2, 0.25) is 0 Å². The maximum absolute atomic E-state index is 11.5. The zero-order chi connectivity index (χ0) is 14.3. The van der Waals surface area contributed by atoms with Crippen molar-refractivity contribution < 1.29 is 19.4 Å². The van der Waals surface area contributed by atoms with Gasteiger partial charge < -0.3 is 15.2 Å². The SMILES string of the molecule is CCC(CNC(=O)COc1ccc(C)cc1)C(=O)O. The fourth-order valence-corrected chi connectivity index (χ4v) is 1.48. The number of hydrogen-bond acceptors (Lipinski definition) is 3. The number of carboxylic acids is 1. The molecule has 0 saturated carbocycles. The van der Waals surface area contributed by atoms with Gasteiger partial charge in [0.25, 0.3) is 5.91 Å². The van der Waals surface area contributed by atoms with Crippen LogP contribution in [0.5, 0.6) is 5.75 Å². The number of carbonyl (C=O) groups is 2. The zero-order valence-electron chi connectivity index (χ0n) is 11.2. The van der Waals surface area contributed by atoms with E-state index in [2.05, 4.69) is 5.32 Å². The van der Waals surface area contributed by atoms with Crippen molar-refractivity contribution in [2.24, 2.45) is 5.92 Å². The van der Waals surface area contributed by atoms with E-state index < -0.39 is 11.9 Å². The highest BCUT2D eigenvalue weighted by molar-refractivity contribution is 5.78. The average molecular weight is 265 g/mol. The minimum atomic E-state index is -0.901. The Hall–Kier alpha value is -2.04. The molecule has 0 spiro atoms. The third kappa shape index (κ3) is 5.42. The Balaban J connectivity index is 2.31. The van der Waals surface area contributed by atoms with Crippen molar-refractivity contribution in [1.29, 1.82) is 0 Å². The molecule has 1 aromatic rings. The molecule has 5 heteroatoms. The summed E-state index contributed by atoms with van der Waals surface area (Å²) in [6.07, 6.45) is 0.481. The lowest BCUT2D eigenvalue weighted by molar-refractivity contribution is -0.141. The second-order valence-electron chi connectivity index (χ2n) is 4.35. The Morgan fingerprint density at radius 2 is 1.95 bits per heavy atom. The minimum absolute atomic E-state index is 0.112. The van der Waals surface area contributed by atoms with Gasteiger partial charge >= 0.3 is 5.97 Å². The summed E-state index contributed by atoms with van der Waals surface area (Å²) in [5.41, 5.74) is 1.11. The summed E-state index contributed by atoms with van der Waals surface area (Å²) in [6, 6.07) is 7.36. The predicted molar refractivity (Wildman–Crippen MR) is 71.1 cm³/mol.